The Morgan fingerprint density at radius 2 is 2.28 bits per heavy atom. The van der Waals surface area contributed by atoms with Crippen molar-refractivity contribution in [2.75, 3.05) is 5.32 Å². The van der Waals surface area contributed by atoms with Crippen LogP contribution >= 0.6 is 0 Å². The van der Waals surface area contributed by atoms with Crippen molar-refractivity contribution in [1.82, 2.24) is 19.5 Å². The molecular formula is C11H13N5O2. The van der Waals surface area contributed by atoms with Gasteiger partial charge in [0.1, 0.15) is 6.33 Å². The van der Waals surface area contributed by atoms with Crippen molar-refractivity contribution in [1.29, 1.82) is 0 Å². The summed E-state index contributed by atoms with van der Waals surface area (Å²) in [6.07, 6.45) is 4.35. The number of nitrogens with zero attached hydrogens (tertiary/aromatic N) is 3. The number of hydrogen-bond donors (Lipinski definition) is 2. The van der Waals surface area contributed by atoms with Crippen molar-refractivity contribution in [3.8, 4) is 0 Å². The minimum atomic E-state index is -0.434. The number of imidazole rings is 1. The van der Waals surface area contributed by atoms with Gasteiger partial charge in [0.15, 0.2) is 0 Å². The summed E-state index contributed by atoms with van der Waals surface area (Å²) in [5.41, 5.74) is 0.328. The maximum absolute atomic E-state index is 11.7. The summed E-state index contributed by atoms with van der Waals surface area (Å²) >= 11 is 0. The maximum Gasteiger partial charge on any atom is 0.333 e. The van der Waals surface area contributed by atoms with Crippen molar-refractivity contribution in [3.05, 3.63) is 40.8 Å². The van der Waals surface area contributed by atoms with Crippen LogP contribution in [-0.2, 0) is 0 Å². The third-order valence-corrected chi connectivity index (χ3v) is 2.35. The highest BCUT2D eigenvalue weighted by Crippen LogP contribution is 2.10. The van der Waals surface area contributed by atoms with E-state index in [9.17, 15) is 9.59 Å². The number of nitrogens with one attached hydrogen (secondary N) is 2. The van der Waals surface area contributed by atoms with Crippen LogP contribution in [0.3, 0.4) is 0 Å². The third kappa shape index (κ3) is 2.62. The van der Waals surface area contributed by atoms with Crippen LogP contribution in [0.15, 0.2) is 29.6 Å². The normalized spacial score (nSPS) is 10.6. The van der Waals surface area contributed by atoms with E-state index in [0.29, 0.717) is 0 Å². The van der Waals surface area contributed by atoms with Crippen molar-refractivity contribution in [3.63, 3.8) is 0 Å². The van der Waals surface area contributed by atoms with Gasteiger partial charge in [-0.15, -0.1) is 0 Å². The zero-order chi connectivity index (χ0) is 13.1. The van der Waals surface area contributed by atoms with Gasteiger partial charge in [-0.2, -0.15) is 4.98 Å². The molecule has 0 radical (unpaired) electrons. The zero-order valence-electron chi connectivity index (χ0n) is 10.0. The van der Waals surface area contributed by atoms with Gasteiger partial charge in [0.05, 0.1) is 0 Å². The number of carbonyl (C=O) groups excluding carboxylic acids is 1. The second-order valence-electron chi connectivity index (χ2n) is 4.08. The van der Waals surface area contributed by atoms with E-state index >= 15 is 0 Å². The van der Waals surface area contributed by atoms with E-state index in [-0.39, 0.29) is 11.9 Å². The molecule has 0 saturated heterocycles. The van der Waals surface area contributed by atoms with Gasteiger partial charge < -0.3 is 4.98 Å². The van der Waals surface area contributed by atoms with Crippen molar-refractivity contribution in [2.45, 2.75) is 19.8 Å². The number of H-pyrrole nitrogens is 1. The van der Waals surface area contributed by atoms with E-state index in [0.717, 1.165) is 5.69 Å². The summed E-state index contributed by atoms with van der Waals surface area (Å²) < 4.78 is 1.25. The topological polar surface area (TPSA) is 92.7 Å². The minimum Gasteiger partial charge on any atom is -0.329 e. The first-order chi connectivity index (χ1) is 8.56. The maximum atomic E-state index is 11.7. The summed E-state index contributed by atoms with van der Waals surface area (Å²) in [5, 5.41) is 2.50. The molecule has 0 unspecified atom stereocenters. The van der Waals surface area contributed by atoms with Crippen LogP contribution in [0.5, 0.6) is 0 Å². The Morgan fingerprint density at radius 3 is 2.89 bits per heavy atom. The van der Waals surface area contributed by atoms with Gasteiger partial charge in [-0.05, 0) is 5.92 Å². The Hall–Kier alpha value is -2.44. The fourth-order valence-electron chi connectivity index (χ4n) is 1.39. The molecule has 0 atom stereocenters. The molecular weight excluding hydrogens is 234 g/mol. The number of aromatic amines is 1. The molecule has 0 aliphatic carbocycles. The molecule has 94 valence electrons. The molecule has 2 N–H and O–H groups in total. The first-order valence-corrected chi connectivity index (χ1v) is 5.47. The lowest BCUT2D eigenvalue weighted by Gasteiger charge is -2.08. The van der Waals surface area contributed by atoms with E-state index in [2.05, 4.69) is 20.3 Å². The van der Waals surface area contributed by atoms with Crippen molar-refractivity contribution < 1.29 is 4.79 Å². The number of aromatic nitrogens is 4. The van der Waals surface area contributed by atoms with Crippen LogP contribution in [0.1, 0.15) is 25.5 Å². The summed E-state index contributed by atoms with van der Waals surface area (Å²) in [6.45, 7) is 3.87. The molecule has 2 aromatic rings. The molecule has 0 aromatic carbocycles. The molecule has 0 bridgehead atoms. The number of amides is 1. The van der Waals surface area contributed by atoms with E-state index in [1.165, 1.54) is 29.4 Å². The molecule has 0 aliphatic heterocycles. The Labute approximate surface area is 103 Å². The summed E-state index contributed by atoms with van der Waals surface area (Å²) in [6, 6.07) is 0.980. The third-order valence-electron chi connectivity index (χ3n) is 2.35. The van der Waals surface area contributed by atoms with Gasteiger partial charge in [-0.3, -0.25) is 14.7 Å². The quantitative estimate of drug-likeness (QED) is 0.833. The highest BCUT2D eigenvalue weighted by Gasteiger charge is 2.08. The predicted molar refractivity (Wildman–Crippen MR) is 65.6 cm³/mol. The molecule has 0 spiro atoms. The minimum absolute atomic E-state index is 0.130. The summed E-state index contributed by atoms with van der Waals surface area (Å²) in [7, 11) is 0. The molecule has 0 aliphatic rings. The second-order valence-corrected chi connectivity index (χ2v) is 4.08. The molecule has 7 nitrogen and oxygen atoms in total. The van der Waals surface area contributed by atoms with E-state index in [1.54, 1.807) is 0 Å². The lowest BCUT2D eigenvalue weighted by atomic mass is 10.1. The number of carbonyl (C=O) groups is 1. The number of hydrogen-bond acceptors (Lipinski definition) is 4. The summed E-state index contributed by atoms with van der Waals surface area (Å²) in [4.78, 5) is 33.4. The fourth-order valence-corrected chi connectivity index (χ4v) is 1.39. The highest BCUT2D eigenvalue weighted by atomic mass is 16.2. The number of anilines is 1. The van der Waals surface area contributed by atoms with Gasteiger partial charge >= 0.3 is 6.03 Å². The number of rotatable bonds is 2. The van der Waals surface area contributed by atoms with Gasteiger partial charge in [0.25, 0.3) is 5.56 Å². The Bertz CT molecular complexity index is 600. The van der Waals surface area contributed by atoms with Crippen LogP contribution in [0.2, 0.25) is 0 Å². The molecule has 2 aromatic heterocycles. The first-order valence-electron chi connectivity index (χ1n) is 5.47. The van der Waals surface area contributed by atoms with E-state index in [4.69, 9.17) is 0 Å². The van der Waals surface area contributed by atoms with Crippen LogP contribution in [0.4, 0.5) is 10.7 Å². The fraction of sp³-hybridized carbons (Fsp3) is 0.273. The van der Waals surface area contributed by atoms with Crippen molar-refractivity contribution >= 4 is 12.0 Å². The average molecular weight is 247 g/mol. The van der Waals surface area contributed by atoms with Crippen LogP contribution in [0.25, 0.3) is 0 Å². The average Bonchev–Trinajstić information content (AvgIpc) is 2.81. The predicted octanol–water partition coefficient (Wildman–Crippen LogP) is 1.17. The first kappa shape index (κ1) is 12.0. The van der Waals surface area contributed by atoms with Gasteiger partial charge in [0.2, 0.25) is 5.95 Å². The van der Waals surface area contributed by atoms with E-state index < -0.39 is 11.6 Å². The monoisotopic (exact) mass is 247 g/mol. The molecule has 1 amide bonds. The SMILES string of the molecule is CC(C)c1cc(=O)nc(NC(=O)n2ccnc2)[nH]1. The smallest absolute Gasteiger partial charge is 0.329 e. The van der Waals surface area contributed by atoms with Gasteiger partial charge in [-0.25, -0.2) is 9.78 Å². The van der Waals surface area contributed by atoms with Gasteiger partial charge in [-0.1, -0.05) is 13.8 Å². The van der Waals surface area contributed by atoms with Crippen LogP contribution in [0, 0.1) is 0 Å². The van der Waals surface area contributed by atoms with E-state index in [1.807, 2.05) is 13.8 Å². The standard InChI is InChI=1S/C11H13N5O2/c1-7(2)8-5-9(17)14-10(13-8)15-11(18)16-4-3-12-6-16/h3-7H,1-2H3,(H2,13,14,15,17,18). The Balaban J connectivity index is 2.24. The van der Waals surface area contributed by atoms with Crippen molar-refractivity contribution in [2.24, 2.45) is 0 Å². The molecule has 0 saturated carbocycles. The molecule has 7 heteroatoms. The van der Waals surface area contributed by atoms with Crippen LogP contribution in [-0.4, -0.2) is 25.6 Å². The molecule has 2 rings (SSSR count). The lowest BCUT2D eigenvalue weighted by Crippen LogP contribution is -2.22. The Morgan fingerprint density at radius 1 is 1.50 bits per heavy atom. The largest absolute Gasteiger partial charge is 0.333 e. The molecule has 2 heterocycles. The lowest BCUT2D eigenvalue weighted by molar-refractivity contribution is 0.253. The second kappa shape index (κ2) is 4.82. The Kier molecular flexibility index (Phi) is 3.22. The molecule has 18 heavy (non-hydrogen) atoms. The van der Waals surface area contributed by atoms with Crippen LogP contribution < -0.4 is 10.9 Å². The molecule has 0 fully saturated rings. The van der Waals surface area contributed by atoms with Gasteiger partial charge in [0, 0.05) is 24.2 Å². The summed E-state index contributed by atoms with van der Waals surface area (Å²) in [5.74, 6) is 0.273. The zero-order valence-corrected chi connectivity index (χ0v) is 10.0. The highest BCUT2D eigenvalue weighted by molar-refractivity contribution is 5.89.